The maximum absolute atomic E-state index is 9.69. The van der Waals surface area contributed by atoms with Crippen molar-refractivity contribution in [2.45, 2.75) is 45.0 Å². The third kappa shape index (κ3) is 5.47. The lowest BCUT2D eigenvalue weighted by molar-refractivity contribution is -0.0205. The van der Waals surface area contributed by atoms with Crippen LogP contribution in [-0.4, -0.2) is 59.7 Å². The summed E-state index contributed by atoms with van der Waals surface area (Å²) < 4.78 is 5.33. The third-order valence-electron chi connectivity index (χ3n) is 2.57. The van der Waals surface area contributed by atoms with Crippen molar-refractivity contribution in [3.63, 3.8) is 0 Å². The van der Waals surface area contributed by atoms with Crippen molar-refractivity contribution < 1.29 is 14.9 Å². The molecule has 15 heavy (non-hydrogen) atoms. The van der Waals surface area contributed by atoms with E-state index in [0.717, 1.165) is 19.4 Å². The van der Waals surface area contributed by atoms with E-state index in [4.69, 9.17) is 4.74 Å². The van der Waals surface area contributed by atoms with Crippen LogP contribution in [0.3, 0.4) is 0 Å². The van der Waals surface area contributed by atoms with Crippen molar-refractivity contribution in [3.05, 3.63) is 0 Å². The van der Waals surface area contributed by atoms with Crippen molar-refractivity contribution in [1.29, 1.82) is 0 Å². The lowest BCUT2D eigenvalue weighted by atomic mass is 10.1. The molecule has 0 aromatic heterocycles. The highest BCUT2D eigenvalue weighted by Gasteiger charge is 2.19. The summed E-state index contributed by atoms with van der Waals surface area (Å²) in [6.07, 6.45) is 1.38. The fraction of sp³-hybridized carbons (Fsp3) is 1.00. The SMILES string of the molecule is CC(C)OC[C@@H](O)CN1CCC[C@H](O)C1. The first-order chi connectivity index (χ1) is 7.08. The summed E-state index contributed by atoms with van der Waals surface area (Å²) >= 11 is 0. The first-order valence-corrected chi connectivity index (χ1v) is 5.78. The molecule has 0 unspecified atom stereocenters. The maximum Gasteiger partial charge on any atom is 0.0900 e. The molecule has 90 valence electrons. The molecule has 0 aromatic carbocycles. The summed E-state index contributed by atoms with van der Waals surface area (Å²) in [4.78, 5) is 2.10. The quantitative estimate of drug-likeness (QED) is 0.692. The van der Waals surface area contributed by atoms with Gasteiger partial charge in [0.25, 0.3) is 0 Å². The second kappa shape index (κ2) is 6.43. The summed E-state index contributed by atoms with van der Waals surface area (Å²) in [5.74, 6) is 0. The van der Waals surface area contributed by atoms with Crippen molar-refractivity contribution in [2.24, 2.45) is 0 Å². The van der Waals surface area contributed by atoms with Crippen LogP contribution in [0.25, 0.3) is 0 Å². The molecule has 1 aliphatic rings. The monoisotopic (exact) mass is 217 g/mol. The highest BCUT2D eigenvalue weighted by atomic mass is 16.5. The zero-order valence-electron chi connectivity index (χ0n) is 9.72. The van der Waals surface area contributed by atoms with Crippen LogP contribution in [0, 0.1) is 0 Å². The second-order valence-corrected chi connectivity index (χ2v) is 4.59. The highest BCUT2D eigenvalue weighted by molar-refractivity contribution is 4.74. The van der Waals surface area contributed by atoms with Crippen molar-refractivity contribution in [2.75, 3.05) is 26.2 Å². The van der Waals surface area contributed by atoms with E-state index in [1.807, 2.05) is 13.8 Å². The molecule has 1 heterocycles. The number of hydrogen-bond acceptors (Lipinski definition) is 4. The lowest BCUT2D eigenvalue weighted by Crippen LogP contribution is -2.43. The van der Waals surface area contributed by atoms with Gasteiger partial charge in [-0.2, -0.15) is 0 Å². The molecule has 0 radical (unpaired) electrons. The predicted molar refractivity (Wildman–Crippen MR) is 58.8 cm³/mol. The minimum Gasteiger partial charge on any atom is -0.392 e. The minimum absolute atomic E-state index is 0.159. The lowest BCUT2D eigenvalue weighted by Gasteiger charge is -2.31. The maximum atomic E-state index is 9.69. The molecule has 2 atom stereocenters. The molecule has 4 nitrogen and oxygen atoms in total. The van der Waals surface area contributed by atoms with Crippen molar-refractivity contribution >= 4 is 0 Å². The molecular weight excluding hydrogens is 194 g/mol. The summed E-state index contributed by atoms with van der Waals surface area (Å²) in [6, 6.07) is 0. The van der Waals surface area contributed by atoms with Gasteiger partial charge in [-0.15, -0.1) is 0 Å². The minimum atomic E-state index is -0.447. The Labute approximate surface area is 91.8 Å². The molecule has 2 N–H and O–H groups in total. The Kier molecular flexibility index (Phi) is 5.53. The normalized spacial score (nSPS) is 25.8. The number of aliphatic hydroxyl groups is 2. The molecule has 1 fully saturated rings. The standard InChI is InChI=1S/C11H23NO3/c1-9(2)15-8-11(14)7-12-5-3-4-10(13)6-12/h9-11,13-14H,3-8H2,1-2H3/t10-,11-/m0/s1. The summed E-state index contributed by atoms with van der Waals surface area (Å²) in [7, 11) is 0. The summed E-state index contributed by atoms with van der Waals surface area (Å²) in [5, 5.41) is 19.1. The molecule has 4 heteroatoms. The van der Waals surface area contributed by atoms with E-state index in [2.05, 4.69) is 4.90 Å². The van der Waals surface area contributed by atoms with Crippen LogP contribution in [0.5, 0.6) is 0 Å². The van der Waals surface area contributed by atoms with E-state index >= 15 is 0 Å². The van der Waals surface area contributed by atoms with E-state index in [9.17, 15) is 10.2 Å². The van der Waals surface area contributed by atoms with Crippen LogP contribution in [0.2, 0.25) is 0 Å². The highest BCUT2D eigenvalue weighted by Crippen LogP contribution is 2.10. The van der Waals surface area contributed by atoms with Gasteiger partial charge in [0.15, 0.2) is 0 Å². The number of aliphatic hydroxyl groups excluding tert-OH is 2. The van der Waals surface area contributed by atoms with Crippen LogP contribution >= 0.6 is 0 Å². The summed E-state index contributed by atoms with van der Waals surface area (Å²) in [5.41, 5.74) is 0. The smallest absolute Gasteiger partial charge is 0.0900 e. The third-order valence-corrected chi connectivity index (χ3v) is 2.57. The van der Waals surface area contributed by atoms with E-state index in [-0.39, 0.29) is 12.2 Å². The van der Waals surface area contributed by atoms with Crippen LogP contribution in [0.1, 0.15) is 26.7 Å². The number of likely N-dealkylation sites (tertiary alicyclic amines) is 1. The molecule has 0 bridgehead atoms. The number of hydrogen-bond donors (Lipinski definition) is 2. The van der Waals surface area contributed by atoms with Gasteiger partial charge in [-0.1, -0.05) is 0 Å². The fourth-order valence-corrected chi connectivity index (χ4v) is 1.85. The van der Waals surface area contributed by atoms with Crippen molar-refractivity contribution in [3.8, 4) is 0 Å². The van der Waals surface area contributed by atoms with Gasteiger partial charge < -0.3 is 14.9 Å². The zero-order chi connectivity index (χ0) is 11.3. The van der Waals surface area contributed by atoms with Crippen LogP contribution < -0.4 is 0 Å². The predicted octanol–water partition coefficient (Wildman–Crippen LogP) is 0.229. The molecule has 1 saturated heterocycles. The average Bonchev–Trinajstić information content (AvgIpc) is 2.15. The van der Waals surface area contributed by atoms with Crippen LogP contribution in [0.4, 0.5) is 0 Å². The van der Waals surface area contributed by atoms with Gasteiger partial charge in [0.2, 0.25) is 0 Å². The van der Waals surface area contributed by atoms with E-state index in [1.165, 1.54) is 0 Å². The molecule has 0 amide bonds. The number of ether oxygens (including phenoxy) is 1. The molecule has 0 aliphatic carbocycles. The molecule has 0 aromatic rings. The van der Waals surface area contributed by atoms with Gasteiger partial charge >= 0.3 is 0 Å². The van der Waals surface area contributed by atoms with E-state index in [0.29, 0.717) is 19.7 Å². The van der Waals surface area contributed by atoms with Gasteiger partial charge in [0.05, 0.1) is 24.9 Å². The molecule has 0 saturated carbocycles. The number of β-amino-alcohol motifs (C(OH)–C–C–N with tert-alkyl or cyclic N) is 2. The largest absolute Gasteiger partial charge is 0.392 e. The summed E-state index contributed by atoms with van der Waals surface area (Å²) in [6.45, 7) is 6.54. The molecule has 0 spiro atoms. The Morgan fingerprint density at radius 2 is 2.20 bits per heavy atom. The first-order valence-electron chi connectivity index (χ1n) is 5.78. The van der Waals surface area contributed by atoms with Crippen molar-refractivity contribution in [1.82, 2.24) is 4.90 Å². The van der Waals surface area contributed by atoms with Gasteiger partial charge in [0, 0.05) is 13.1 Å². The van der Waals surface area contributed by atoms with Gasteiger partial charge in [-0.3, -0.25) is 4.90 Å². The Morgan fingerprint density at radius 1 is 1.47 bits per heavy atom. The number of nitrogens with zero attached hydrogens (tertiary/aromatic N) is 1. The Hall–Kier alpha value is -0.160. The first kappa shape index (κ1) is 12.9. The Balaban J connectivity index is 2.16. The van der Waals surface area contributed by atoms with E-state index in [1.54, 1.807) is 0 Å². The zero-order valence-corrected chi connectivity index (χ0v) is 9.72. The number of piperidine rings is 1. The molecular formula is C11H23NO3. The Morgan fingerprint density at radius 3 is 2.80 bits per heavy atom. The van der Waals surface area contributed by atoms with Crippen LogP contribution in [-0.2, 0) is 4.74 Å². The van der Waals surface area contributed by atoms with Gasteiger partial charge in [-0.25, -0.2) is 0 Å². The fourth-order valence-electron chi connectivity index (χ4n) is 1.85. The Bertz CT molecular complexity index is 175. The average molecular weight is 217 g/mol. The van der Waals surface area contributed by atoms with Gasteiger partial charge in [-0.05, 0) is 33.2 Å². The second-order valence-electron chi connectivity index (χ2n) is 4.59. The molecule has 1 rings (SSSR count). The molecule has 1 aliphatic heterocycles. The van der Waals surface area contributed by atoms with E-state index < -0.39 is 6.10 Å². The number of rotatable bonds is 5. The van der Waals surface area contributed by atoms with Gasteiger partial charge in [0.1, 0.15) is 0 Å². The van der Waals surface area contributed by atoms with Crippen LogP contribution in [0.15, 0.2) is 0 Å². The topological polar surface area (TPSA) is 52.9 Å².